The second-order valence-electron chi connectivity index (χ2n) is 4.03. The minimum atomic E-state index is -1.15. The summed E-state index contributed by atoms with van der Waals surface area (Å²) in [4.78, 5) is 33.3. The molecule has 0 fully saturated rings. The average molecular weight is 280 g/mol. The van der Waals surface area contributed by atoms with E-state index in [1.54, 1.807) is 24.3 Å². The van der Waals surface area contributed by atoms with Crippen molar-refractivity contribution in [3.63, 3.8) is 0 Å². The number of methoxy groups -OCH3 is 1. The summed E-state index contributed by atoms with van der Waals surface area (Å²) in [6, 6.07) is 5.80. The number of carbonyl (C=O) groups excluding carboxylic acids is 2. The minimum Gasteiger partial charge on any atom is -0.479 e. The summed E-state index contributed by atoms with van der Waals surface area (Å²) in [7, 11) is 1.25. The second kappa shape index (κ2) is 7.25. The van der Waals surface area contributed by atoms with E-state index in [4.69, 9.17) is 5.11 Å². The molecule has 1 unspecified atom stereocenters. The molecule has 1 aromatic carbocycles. The molecule has 0 aliphatic heterocycles. The Bertz CT molecular complexity index is 498. The maximum absolute atomic E-state index is 11.5. The highest BCUT2D eigenvalue weighted by atomic mass is 16.5. The molecular weight excluding hydrogens is 264 g/mol. The highest BCUT2D eigenvalue weighted by Crippen LogP contribution is 2.09. The summed E-state index contributed by atoms with van der Waals surface area (Å²) >= 11 is 0. The van der Waals surface area contributed by atoms with Crippen molar-refractivity contribution < 1.29 is 24.2 Å². The van der Waals surface area contributed by atoms with Crippen LogP contribution in [-0.4, -0.2) is 42.6 Å². The number of hydrogen-bond donors (Lipinski definition) is 3. The van der Waals surface area contributed by atoms with E-state index < -0.39 is 18.1 Å². The van der Waals surface area contributed by atoms with Crippen molar-refractivity contribution in [2.24, 2.45) is 0 Å². The fourth-order valence-corrected chi connectivity index (χ4v) is 1.42. The first-order valence-electron chi connectivity index (χ1n) is 5.85. The predicted molar refractivity (Wildman–Crippen MR) is 71.9 cm³/mol. The summed E-state index contributed by atoms with van der Waals surface area (Å²) in [5.41, 5.74) is 1.04. The minimum absolute atomic E-state index is 0.0644. The zero-order chi connectivity index (χ0) is 15.1. The SMILES string of the molecule is COC(CNC(=O)Nc1ccc(C(C)=O)cc1)C(=O)O. The molecule has 2 amide bonds. The number of carbonyl (C=O) groups is 3. The van der Waals surface area contributed by atoms with E-state index in [2.05, 4.69) is 15.4 Å². The van der Waals surface area contributed by atoms with Gasteiger partial charge < -0.3 is 20.5 Å². The number of Topliss-reactive ketones (excluding diaryl/α,β-unsaturated/α-hetero) is 1. The second-order valence-corrected chi connectivity index (χ2v) is 4.03. The lowest BCUT2D eigenvalue weighted by Gasteiger charge is -2.12. The Morgan fingerprint density at radius 1 is 1.25 bits per heavy atom. The molecule has 0 aromatic heterocycles. The maximum atomic E-state index is 11.5. The van der Waals surface area contributed by atoms with Crippen molar-refractivity contribution >= 4 is 23.5 Å². The van der Waals surface area contributed by atoms with Crippen molar-refractivity contribution in [2.45, 2.75) is 13.0 Å². The number of ketones is 1. The summed E-state index contributed by atoms with van der Waals surface area (Å²) in [6.07, 6.45) is -1.10. The number of amides is 2. The van der Waals surface area contributed by atoms with Crippen LogP contribution in [-0.2, 0) is 9.53 Å². The van der Waals surface area contributed by atoms with E-state index in [0.29, 0.717) is 11.3 Å². The zero-order valence-corrected chi connectivity index (χ0v) is 11.2. The highest BCUT2D eigenvalue weighted by Gasteiger charge is 2.16. The molecule has 0 radical (unpaired) electrons. The number of carboxylic acid groups (broad SMARTS) is 1. The molecule has 20 heavy (non-hydrogen) atoms. The van der Waals surface area contributed by atoms with E-state index in [1.165, 1.54) is 14.0 Å². The van der Waals surface area contributed by atoms with Crippen LogP contribution in [0.5, 0.6) is 0 Å². The summed E-state index contributed by atoms with van der Waals surface area (Å²) in [6.45, 7) is 1.30. The number of anilines is 1. The summed E-state index contributed by atoms with van der Waals surface area (Å²) < 4.78 is 4.67. The van der Waals surface area contributed by atoms with Gasteiger partial charge in [0.05, 0.1) is 6.54 Å². The van der Waals surface area contributed by atoms with Crippen molar-refractivity contribution in [1.82, 2.24) is 5.32 Å². The van der Waals surface area contributed by atoms with Crippen LogP contribution in [0.1, 0.15) is 17.3 Å². The van der Waals surface area contributed by atoms with Gasteiger partial charge in [-0.25, -0.2) is 9.59 Å². The van der Waals surface area contributed by atoms with Crippen molar-refractivity contribution in [2.75, 3.05) is 19.0 Å². The number of benzene rings is 1. The molecule has 1 atom stereocenters. The first-order chi connectivity index (χ1) is 9.43. The number of ether oxygens (including phenoxy) is 1. The molecule has 0 aliphatic carbocycles. The largest absolute Gasteiger partial charge is 0.479 e. The molecule has 3 N–H and O–H groups in total. The zero-order valence-electron chi connectivity index (χ0n) is 11.2. The fraction of sp³-hybridized carbons (Fsp3) is 0.308. The van der Waals surface area contributed by atoms with E-state index in [-0.39, 0.29) is 12.3 Å². The quantitative estimate of drug-likeness (QED) is 0.677. The van der Waals surface area contributed by atoms with Crippen LogP contribution < -0.4 is 10.6 Å². The average Bonchev–Trinajstić information content (AvgIpc) is 2.39. The molecule has 108 valence electrons. The van der Waals surface area contributed by atoms with Crippen molar-refractivity contribution in [3.05, 3.63) is 29.8 Å². The van der Waals surface area contributed by atoms with Crippen LogP contribution in [0, 0.1) is 0 Å². The van der Waals surface area contributed by atoms with Gasteiger partial charge in [0, 0.05) is 18.4 Å². The van der Waals surface area contributed by atoms with Gasteiger partial charge in [0.25, 0.3) is 0 Å². The van der Waals surface area contributed by atoms with Gasteiger partial charge in [-0.2, -0.15) is 0 Å². The van der Waals surface area contributed by atoms with Crippen LogP contribution >= 0.6 is 0 Å². The molecular formula is C13H16N2O5. The molecule has 1 rings (SSSR count). The predicted octanol–water partition coefficient (Wildman–Crippen LogP) is 1.11. The van der Waals surface area contributed by atoms with E-state index in [9.17, 15) is 14.4 Å². The lowest BCUT2D eigenvalue weighted by Crippen LogP contribution is -2.39. The Balaban J connectivity index is 2.50. The number of rotatable bonds is 6. The molecule has 7 heteroatoms. The van der Waals surface area contributed by atoms with E-state index >= 15 is 0 Å². The third-order valence-electron chi connectivity index (χ3n) is 2.56. The summed E-state index contributed by atoms with van der Waals surface area (Å²) in [5, 5.41) is 13.6. The Morgan fingerprint density at radius 3 is 2.30 bits per heavy atom. The Morgan fingerprint density at radius 2 is 1.85 bits per heavy atom. The first-order valence-corrected chi connectivity index (χ1v) is 5.85. The number of aliphatic carboxylic acids is 1. The molecule has 0 saturated heterocycles. The molecule has 7 nitrogen and oxygen atoms in total. The number of nitrogens with one attached hydrogen (secondary N) is 2. The molecule has 0 aliphatic rings. The van der Waals surface area contributed by atoms with Gasteiger partial charge in [-0.05, 0) is 31.2 Å². The van der Waals surface area contributed by atoms with E-state index in [1.807, 2.05) is 0 Å². The van der Waals surface area contributed by atoms with E-state index in [0.717, 1.165) is 0 Å². The normalized spacial score (nSPS) is 11.5. The first kappa shape index (κ1) is 15.6. The van der Waals surface area contributed by atoms with Gasteiger partial charge in [0.2, 0.25) is 0 Å². The van der Waals surface area contributed by atoms with Gasteiger partial charge in [0.1, 0.15) is 0 Å². The Labute approximate surface area is 115 Å². The number of urea groups is 1. The Hall–Kier alpha value is -2.41. The molecule has 0 spiro atoms. The third kappa shape index (κ3) is 4.69. The maximum Gasteiger partial charge on any atom is 0.334 e. The van der Waals surface area contributed by atoms with Gasteiger partial charge >= 0.3 is 12.0 Å². The van der Waals surface area contributed by atoms with Crippen LogP contribution in [0.3, 0.4) is 0 Å². The van der Waals surface area contributed by atoms with Crippen LogP contribution in [0.25, 0.3) is 0 Å². The molecule has 1 aromatic rings. The van der Waals surface area contributed by atoms with Gasteiger partial charge in [0.15, 0.2) is 11.9 Å². The van der Waals surface area contributed by atoms with Gasteiger partial charge in [-0.3, -0.25) is 4.79 Å². The van der Waals surface area contributed by atoms with Gasteiger partial charge in [-0.15, -0.1) is 0 Å². The standard InChI is InChI=1S/C13H16N2O5/c1-8(16)9-3-5-10(6-4-9)15-13(19)14-7-11(20-2)12(17)18/h3-6,11H,7H2,1-2H3,(H,17,18)(H2,14,15,19). The highest BCUT2D eigenvalue weighted by molar-refractivity contribution is 5.95. The monoisotopic (exact) mass is 280 g/mol. The lowest BCUT2D eigenvalue weighted by atomic mass is 10.1. The lowest BCUT2D eigenvalue weighted by molar-refractivity contribution is -0.147. The number of carboxylic acids is 1. The Kier molecular flexibility index (Phi) is 5.67. The fourth-order valence-electron chi connectivity index (χ4n) is 1.42. The molecule has 0 bridgehead atoms. The summed E-state index contributed by atoms with van der Waals surface area (Å²) in [5.74, 6) is -1.22. The van der Waals surface area contributed by atoms with Crippen LogP contribution in [0.2, 0.25) is 0 Å². The number of hydrogen-bond acceptors (Lipinski definition) is 4. The van der Waals surface area contributed by atoms with Crippen molar-refractivity contribution in [1.29, 1.82) is 0 Å². The topological polar surface area (TPSA) is 105 Å². The molecule has 0 heterocycles. The van der Waals surface area contributed by atoms with Crippen LogP contribution in [0.4, 0.5) is 10.5 Å². The smallest absolute Gasteiger partial charge is 0.334 e. The van der Waals surface area contributed by atoms with Gasteiger partial charge in [-0.1, -0.05) is 0 Å². The molecule has 0 saturated carbocycles. The van der Waals surface area contributed by atoms with Crippen molar-refractivity contribution in [3.8, 4) is 0 Å². The third-order valence-corrected chi connectivity index (χ3v) is 2.56. The van der Waals surface area contributed by atoms with Crippen LogP contribution in [0.15, 0.2) is 24.3 Å².